The van der Waals surface area contributed by atoms with E-state index in [1.54, 1.807) is 12.1 Å². The van der Waals surface area contributed by atoms with Crippen LogP contribution in [0.2, 0.25) is 0 Å². The van der Waals surface area contributed by atoms with Crippen molar-refractivity contribution in [2.45, 2.75) is 19.6 Å². The van der Waals surface area contributed by atoms with Gasteiger partial charge in [0, 0.05) is 36.3 Å². The second kappa shape index (κ2) is 6.56. The molecular weight excluding hydrogens is 352 g/mol. The van der Waals surface area contributed by atoms with Gasteiger partial charge in [0.05, 0.1) is 31.6 Å². The average molecular weight is 372 g/mol. The molecule has 1 aliphatic heterocycles. The molecule has 0 atom stereocenters. The van der Waals surface area contributed by atoms with Gasteiger partial charge in [-0.15, -0.1) is 0 Å². The van der Waals surface area contributed by atoms with Gasteiger partial charge < -0.3 is 13.9 Å². The Morgan fingerprint density at radius 2 is 1.96 bits per heavy atom. The normalized spacial score (nSPS) is 13.1. The molecule has 1 aromatic carbocycles. The first-order valence-corrected chi connectivity index (χ1v) is 9.26. The Kier molecular flexibility index (Phi) is 3.90. The maximum Gasteiger partial charge on any atom is 0.290 e. The second-order valence-corrected chi connectivity index (χ2v) is 7.11. The van der Waals surface area contributed by atoms with Crippen molar-refractivity contribution < 1.29 is 9.21 Å². The Balaban J connectivity index is 1.54. The summed E-state index contributed by atoms with van der Waals surface area (Å²) in [6, 6.07) is 15.8. The summed E-state index contributed by atoms with van der Waals surface area (Å²) >= 11 is 0. The van der Waals surface area contributed by atoms with Crippen LogP contribution < -0.4 is 0 Å². The largest absolute Gasteiger partial charge is 0.459 e. The molecule has 6 nitrogen and oxygen atoms in total. The Labute approximate surface area is 162 Å². The molecule has 6 heteroatoms. The zero-order chi connectivity index (χ0) is 19.1. The lowest BCUT2D eigenvalue weighted by Gasteiger charge is -2.20. The number of hydrogen-bond acceptors (Lipinski definition) is 3. The summed E-state index contributed by atoms with van der Waals surface area (Å²) in [6.45, 7) is 1.72. The van der Waals surface area contributed by atoms with Gasteiger partial charge in [-0.1, -0.05) is 30.3 Å². The smallest absolute Gasteiger partial charge is 0.290 e. The predicted molar refractivity (Wildman–Crippen MR) is 104 cm³/mol. The van der Waals surface area contributed by atoms with Crippen molar-refractivity contribution in [3.05, 3.63) is 89.8 Å². The van der Waals surface area contributed by atoms with Crippen LogP contribution in [-0.4, -0.2) is 25.2 Å². The third-order valence-electron chi connectivity index (χ3n) is 5.20. The fourth-order valence-corrected chi connectivity index (χ4v) is 3.77. The monoisotopic (exact) mass is 372 g/mol. The van der Waals surface area contributed by atoms with Gasteiger partial charge in [-0.05, 0) is 23.8 Å². The molecule has 140 valence electrons. The van der Waals surface area contributed by atoms with Crippen molar-refractivity contribution in [2.75, 3.05) is 0 Å². The van der Waals surface area contributed by atoms with Gasteiger partial charge in [0.15, 0.2) is 5.76 Å². The van der Waals surface area contributed by atoms with Crippen LogP contribution in [0, 0.1) is 0 Å². The molecule has 0 N–H and O–H groups in total. The molecule has 1 amide bonds. The summed E-state index contributed by atoms with van der Waals surface area (Å²) in [5, 5.41) is 4.86. The van der Waals surface area contributed by atoms with E-state index in [2.05, 4.69) is 22.8 Å². The quantitative estimate of drug-likeness (QED) is 0.551. The van der Waals surface area contributed by atoms with E-state index >= 15 is 0 Å². The minimum absolute atomic E-state index is 0.110. The van der Waals surface area contributed by atoms with E-state index in [1.165, 1.54) is 11.8 Å². The lowest BCUT2D eigenvalue weighted by atomic mass is 10.1. The fraction of sp³-hybridized carbons (Fsp3) is 0.182. The highest BCUT2D eigenvalue weighted by Crippen LogP contribution is 2.33. The van der Waals surface area contributed by atoms with Crippen molar-refractivity contribution >= 4 is 5.91 Å². The molecule has 28 heavy (non-hydrogen) atoms. The van der Waals surface area contributed by atoms with Gasteiger partial charge in [0.1, 0.15) is 0 Å². The molecule has 5 rings (SSSR count). The summed E-state index contributed by atoms with van der Waals surface area (Å²) in [5.74, 6) is 0.247. The van der Waals surface area contributed by atoms with E-state index in [0.29, 0.717) is 25.4 Å². The minimum atomic E-state index is -0.110. The van der Waals surface area contributed by atoms with Gasteiger partial charge >= 0.3 is 0 Å². The summed E-state index contributed by atoms with van der Waals surface area (Å²) in [5.41, 5.74) is 5.33. The molecule has 0 saturated heterocycles. The van der Waals surface area contributed by atoms with E-state index in [0.717, 1.165) is 22.5 Å². The standard InChI is InChI=1S/C22H20N4O2/c1-24-10-9-18-19(24)15-25(22(27)20-8-5-11-28-20)13-17-14-26(23-21(17)18)12-16-6-3-2-4-7-16/h2-11,14H,12-13,15H2,1H3. The molecule has 0 fully saturated rings. The van der Waals surface area contributed by atoms with E-state index in [4.69, 9.17) is 9.52 Å². The molecule has 4 aromatic rings. The zero-order valence-electron chi connectivity index (χ0n) is 15.6. The van der Waals surface area contributed by atoms with Gasteiger partial charge in [-0.2, -0.15) is 5.10 Å². The number of rotatable bonds is 3. The first-order chi connectivity index (χ1) is 13.7. The minimum Gasteiger partial charge on any atom is -0.459 e. The topological polar surface area (TPSA) is 56.2 Å². The van der Waals surface area contributed by atoms with Gasteiger partial charge in [-0.3, -0.25) is 9.48 Å². The van der Waals surface area contributed by atoms with Gasteiger partial charge in [-0.25, -0.2) is 0 Å². The Bertz CT molecular complexity index is 1120. The number of aryl methyl sites for hydroxylation is 1. The molecule has 0 aliphatic carbocycles. The van der Waals surface area contributed by atoms with Crippen molar-refractivity contribution in [3.8, 4) is 11.3 Å². The number of furan rings is 1. The van der Waals surface area contributed by atoms with E-state index in [1.807, 2.05) is 47.2 Å². The first kappa shape index (κ1) is 16.6. The third kappa shape index (κ3) is 2.83. The van der Waals surface area contributed by atoms with Crippen LogP contribution in [0.15, 0.2) is 71.6 Å². The number of carbonyl (C=O) groups is 1. The number of benzene rings is 1. The number of carbonyl (C=O) groups excluding carboxylic acids is 1. The third-order valence-corrected chi connectivity index (χ3v) is 5.20. The maximum absolute atomic E-state index is 13.0. The van der Waals surface area contributed by atoms with E-state index in [9.17, 15) is 4.79 Å². The number of nitrogens with zero attached hydrogens (tertiary/aromatic N) is 4. The zero-order valence-corrected chi connectivity index (χ0v) is 15.6. The highest BCUT2D eigenvalue weighted by atomic mass is 16.3. The fourth-order valence-electron chi connectivity index (χ4n) is 3.77. The van der Waals surface area contributed by atoms with Crippen LogP contribution >= 0.6 is 0 Å². The lowest BCUT2D eigenvalue weighted by Crippen LogP contribution is -2.29. The van der Waals surface area contributed by atoms with Crippen LogP contribution in [0.3, 0.4) is 0 Å². The Morgan fingerprint density at radius 3 is 2.75 bits per heavy atom. The van der Waals surface area contributed by atoms with Crippen molar-refractivity contribution in [1.29, 1.82) is 0 Å². The molecular formula is C22H20N4O2. The summed E-state index contributed by atoms with van der Waals surface area (Å²) in [4.78, 5) is 14.8. The Hall–Kier alpha value is -3.54. The molecule has 3 aromatic heterocycles. The molecule has 0 radical (unpaired) electrons. The van der Waals surface area contributed by atoms with Crippen molar-refractivity contribution in [1.82, 2.24) is 19.2 Å². The van der Waals surface area contributed by atoms with Gasteiger partial charge in [0.2, 0.25) is 0 Å². The maximum atomic E-state index is 13.0. The van der Waals surface area contributed by atoms with E-state index < -0.39 is 0 Å². The molecule has 4 heterocycles. The summed E-state index contributed by atoms with van der Waals surface area (Å²) in [7, 11) is 2.00. The number of hydrogen-bond donors (Lipinski definition) is 0. The SMILES string of the molecule is Cn1ccc2c1CN(C(=O)c1ccco1)Cc1cn(Cc3ccccc3)nc1-2. The van der Waals surface area contributed by atoms with Gasteiger partial charge in [0.25, 0.3) is 5.91 Å². The summed E-state index contributed by atoms with van der Waals surface area (Å²) in [6.07, 6.45) is 5.60. The van der Waals surface area contributed by atoms with Crippen molar-refractivity contribution in [3.63, 3.8) is 0 Å². The highest BCUT2D eigenvalue weighted by molar-refractivity contribution is 5.91. The number of amides is 1. The number of fused-ring (bicyclic) bond motifs is 3. The summed E-state index contributed by atoms with van der Waals surface area (Å²) < 4.78 is 9.36. The average Bonchev–Trinajstić information content (AvgIpc) is 3.42. The molecule has 0 bridgehead atoms. The predicted octanol–water partition coefficient (Wildman–Crippen LogP) is 3.69. The van der Waals surface area contributed by atoms with Crippen LogP contribution in [0.25, 0.3) is 11.3 Å². The van der Waals surface area contributed by atoms with Crippen molar-refractivity contribution in [2.24, 2.45) is 7.05 Å². The van der Waals surface area contributed by atoms with Crippen LogP contribution in [0.5, 0.6) is 0 Å². The molecule has 1 aliphatic rings. The molecule has 0 spiro atoms. The first-order valence-electron chi connectivity index (χ1n) is 9.26. The Morgan fingerprint density at radius 1 is 1.11 bits per heavy atom. The molecule has 0 unspecified atom stereocenters. The number of aromatic nitrogens is 3. The van der Waals surface area contributed by atoms with E-state index in [-0.39, 0.29) is 5.91 Å². The second-order valence-electron chi connectivity index (χ2n) is 7.11. The van der Waals surface area contributed by atoms with Crippen LogP contribution in [0.4, 0.5) is 0 Å². The highest BCUT2D eigenvalue weighted by Gasteiger charge is 2.28. The van der Waals surface area contributed by atoms with Crippen LogP contribution in [-0.2, 0) is 26.7 Å². The lowest BCUT2D eigenvalue weighted by molar-refractivity contribution is 0.0696. The molecule has 0 saturated carbocycles. The van der Waals surface area contributed by atoms with Crippen LogP contribution in [0.1, 0.15) is 27.4 Å².